The van der Waals surface area contributed by atoms with E-state index < -0.39 is 0 Å². The van der Waals surface area contributed by atoms with Crippen LogP contribution in [0.1, 0.15) is 45.4 Å². The summed E-state index contributed by atoms with van der Waals surface area (Å²) in [4.78, 5) is 0. The van der Waals surface area contributed by atoms with Gasteiger partial charge in [0.05, 0.1) is 6.10 Å². The third-order valence-corrected chi connectivity index (χ3v) is 2.93. The Bertz CT molecular complexity index is 119. The van der Waals surface area contributed by atoms with Crippen LogP contribution in [0.25, 0.3) is 0 Å². The summed E-state index contributed by atoms with van der Waals surface area (Å²) in [5.74, 6) is 0.881. The molecule has 0 unspecified atom stereocenters. The fraction of sp³-hybridized carbons (Fsp3) is 1.00. The minimum Gasteiger partial charge on any atom is -0.378 e. The first kappa shape index (κ1) is 11.0. The van der Waals surface area contributed by atoms with Gasteiger partial charge < -0.3 is 10.5 Å². The fourth-order valence-corrected chi connectivity index (χ4v) is 2.11. The molecule has 1 aliphatic carbocycles. The van der Waals surface area contributed by atoms with Crippen LogP contribution in [0.4, 0.5) is 0 Å². The number of rotatable bonds is 5. The minimum atomic E-state index is 0.550. The first-order chi connectivity index (χ1) is 6.36. The molecule has 0 heterocycles. The molecule has 0 amide bonds. The fourth-order valence-electron chi connectivity index (χ4n) is 2.11. The maximum Gasteiger partial charge on any atom is 0.0575 e. The number of nitrogens with two attached hydrogens (primary N) is 1. The van der Waals surface area contributed by atoms with Crippen molar-refractivity contribution in [3.8, 4) is 0 Å². The molecule has 0 saturated heterocycles. The Kier molecular flexibility index (Phi) is 5.40. The highest BCUT2D eigenvalue weighted by molar-refractivity contribution is 4.72. The lowest BCUT2D eigenvalue weighted by Gasteiger charge is -2.28. The summed E-state index contributed by atoms with van der Waals surface area (Å²) in [6, 6.07) is 0. The Morgan fingerprint density at radius 2 is 1.92 bits per heavy atom. The van der Waals surface area contributed by atoms with Gasteiger partial charge in [-0.1, -0.05) is 6.92 Å². The van der Waals surface area contributed by atoms with Crippen molar-refractivity contribution in [2.24, 2.45) is 11.7 Å². The molecule has 78 valence electrons. The molecule has 0 radical (unpaired) electrons. The zero-order valence-corrected chi connectivity index (χ0v) is 8.80. The molecule has 2 N–H and O–H groups in total. The van der Waals surface area contributed by atoms with Gasteiger partial charge in [0.25, 0.3) is 0 Å². The van der Waals surface area contributed by atoms with Crippen molar-refractivity contribution < 1.29 is 4.74 Å². The second-order valence-electron chi connectivity index (χ2n) is 4.09. The molecule has 1 aliphatic rings. The van der Waals surface area contributed by atoms with Crippen LogP contribution in [0.5, 0.6) is 0 Å². The van der Waals surface area contributed by atoms with Gasteiger partial charge in [0.15, 0.2) is 0 Å². The van der Waals surface area contributed by atoms with Crippen LogP contribution in [-0.2, 0) is 4.74 Å². The highest BCUT2D eigenvalue weighted by atomic mass is 16.5. The molecular weight excluding hydrogens is 162 g/mol. The predicted octanol–water partition coefficient (Wildman–Crippen LogP) is 2.32. The normalized spacial score (nSPS) is 29.1. The topological polar surface area (TPSA) is 35.2 Å². The maximum absolute atomic E-state index is 5.73. The van der Waals surface area contributed by atoms with E-state index in [4.69, 9.17) is 10.5 Å². The van der Waals surface area contributed by atoms with Gasteiger partial charge in [-0.15, -0.1) is 0 Å². The average Bonchev–Trinajstić information content (AvgIpc) is 2.17. The summed E-state index contributed by atoms with van der Waals surface area (Å²) in [6.07, 6.45) is 8.06. The zero-order chi connectivity index (χ0) is 9.52. The molecule has 0 aliphatic heterocycles. The second-order valence-corrected chi connectivity index (χ2v) is 4.09. The Hall–Kier alpha value is -0.0800. The van der Waals surface area contributed by atoms with Crippen molar-refractivity contribution in [3.05, 3.63) is 0 Å². The average molecular weight is 185 g/mol. The molecule has 2 nitrogen and oxygen atoms in total. The summed E-state index contributed by atoms with van der Waals surface area (Å²) in [6.45, 7) is 3.96. The van der Waals surface area contributed by atoms with E-state index in [0.717, 1.165) is 25.5 Å². The van der Waals surface area contributed by atoms with Gasteiger partial charge in [-0.05, 0) is 51.0 Å². The number of hydrogen-bond donors (Lipinski definition) is 1. The Morgan fingerprint density at radius 1 is 1.23 bits per heavy atom. The molecule has 0 spiro atoms. The smallest absolute Gasteiger partial charge is 0.0575 e. The van der Waals surface area contributed by atoms with Gasteiger partial charge in [-0.3, -0.25) is 0 Å². The molecule has 1 rings (SSSR count). The zero-order valence-electron chi connectivity index (χ0n) is 8.80. The molecule has 13 heavy (non-hydrogen) atoms. The summed E-state index contributed by atoms with van der Waals surface area (Å²) < 4.78 is 5.73. The molecule has 0 atom stereocenters. The van der Waals surface area contributed by atoms with Crippen molar-refractivity contribution in [2.75, 3.05) is 13.2 Å². The van der Waals surface area contributed by atoms with E-state index in [1.54, 1.807) is 0 Å². The first-order valence-corrected chi connectivity index (χ1v) is 5.68. The molecule has 0 aromatic rings. The van der Waals surface area contributed by atoms with Crippen LogP contribution in [0, 0.1) is 5.92 Å². The summed E-state index contributed by atoms with van der Waals surface area (Å²) >= 11 is 0. The lowest BCUT2D eigenvalue weighted by Crippen LogP contribution is -2.23. The van der Waals surface area contributed by atoms with E-state index in [0.29, 0.717) is 6.10 Å². The SMILES string of the molecule is CCCOC1CCC(CCN)CC1. The van der Waals surface area contributed by atoms with E-state index in [-0.39, 0.29) is 0 Å². The van der Waals surface area contributed by atoms with Crippen molar-refractivity contribution in [2.45, 2.75) is 51.6 Å². The van der Waals surface area contributed by atoms with E-state index >= 15 is 0 Å². The highest BCUT2D eigenvalue weighted by Gasteiger charge is 2.20. The second kappa shape index (κ2) is 6.39. The van der Waals surface area contributed by atoms with Crippen LogP contribution >= 0.6 is 0 Å². The molecule has 0 aromatic heterocycles. The van der Waals surface area contributed by atoms with Crippen LogP contribution in [0.15, 0.2) is 0 Å². The number of ether oxygens (including phenoxy) is 1. The van der Waals surface area contributed by atoms with Crippen molar-refractivity contribution in [1.29, 1.82) is 0 Å². The molecule has 2 heteroatoms. The van der Waals surface area contributed by atoms with E-state index in [9.17, 15) is 0 Å². The Morgan fingerprint density at radius 3 is 2.46 bits per heavy atom. The monoisotopic (exact) mass is 185 g/mol. The third kappa shape index (κ3) is 4.10. The molecule has 0 bridgehead atoms. The predicted molar refractivity (Wildman–Crippen MR) is 55.7 cm³/mol. The third-order valence-electron chi connectivity index (χ3n) is 2.93. The summed E-state index contributed by atoms with van der Waals surface area (Å²) in [7, 11) is 0. The van der Waals surface area contributed by atoms with E-state index in [1.165, 1.54) is 32.1 Å². The van der Waals surface area contributed by atoms with E-state index in [1.807, 2.05) is 0 Å². The van der Waals surface area contributed by atoms with Gasteiger partial charge in [0.1, 0.15) is 0 Å². The summed E-state index contributed by atoms with van der Waals surface area (Å²) in [5.41, 5.74) is 5.54. The Balaban J connectivity index is 2.08. The molecule has 1 fully saturated rings. The van der Waals surface area contributed by atoms with Crippen molar-refractivity contribution in [3.63, 3.8) is 0 Å². The van der Waals surface area contributed by atoms with Gasteiger partial charge >= 0.3 is 0 Å². The van der Waals surface area contributed by atoms with Gasteiger partial charge in [-0.2, -0.15) is 0 Å². The van der Waals surface area contributed by atoms with Gasteiger partial charge in [0.2, 0.25) is 0 Å². The first-order valence-electron chi connectivity index (χ1n) is 5.68. The minimum absolute atomic E-state index is 0.550. The quantitative estimate of drug-likeness (QED) is 0.713. The molecule has 1 saturated carbocycles. The van der Waals surface area contributed by atoms with Crippen LogP contribution in [0.2, 0.25) is 0 Å². The highest BCUT2D eigenvalue weighted by Crippen LogP contribution is 2.27. The molecule has 0 aromatic carbocycles. The standard InChI is InChI=1S/C11H23NO/c1-2-9-13-11-5-3-10(4-6-11)7-8-12/h10-11H,2-9,12H2,1H3. The van der Waals surface area contributed by atoms with Crippen molar-refractivity contribution in [1.82, 2.24) is 0 Å². The van der Waals surface area contributed by atoms with Crippen LogP contribution in [-0.4, -0.2) is 19.3 Å². The van der Waals surface area contributed by atoms with Crippen molar-refractivity contribution >= 4 is 0 Å². The molecular formula is C11H23NO. The van der Waals surface area contributed by atoms with Crippen LogP contribution < -0.4 is 5.73 Å². The number of hydrogen-bond acceptors (Lipinski definition) is 2. The lowest BCUT2D eigenvalue weighted by atomic mass is 9.85. The lowest BCUT2D eigenvalue weighted by molar-refractivity contribution is 0.0179. The Labute approximate surface area is 81.8 Å². The summed E-state index contributed by atoms with van der Waals surface area (Å²) in [5, 5.41) is 0. The van der Waals surface area contributed by atoms with E-state index in [2.05, 4.69) is 6.92 Å². The maximum atomic E-state index is 5.73. The van der Waals surface area contributed by atoms with Crippen LogP contribution in [0.3, 0.4) is 0 Å². The largest absolute Gasteiger partial charge is 0.378 e. The van der Waals surface area contributed by atoms with Gasteiger partial charge in [-0.25, -0.2) is 0 Å². The van der Waals surface area contributed by atoms with Gasteiger partial charge in [0, 0.05) is 6.61 Å².